The van der Waals surface area contributed by atoms with Crippen LogP contribution in [0.1, 0.15) is 12.5 Å². The Morgan fingerprint density at radius 1 is 1.04 bits per heavy atom. The first-order valence-corrected chi connectivity index (χ1v) is 9.04. The molecule has 1 heterocycles. The van der Waals surface area contributed by atoms with Crippen LogP contribution in [0.25, 0.3) is 11.3 Å². The molecule has 5 N–H and O–H groups in total. The van der Waals surface area contributed by atoms with E-state index in [-0.39, 0.29) is 5.96 Å². The molecule has 0 saturated heterocycles. The molecule has 0 aliphatic heterocycles. The third-order valence-electron chi connectivity index (χ3n) is 3.76. The van der Waals surface area contributed by atoms with Gasteiger partial charge in [0.1, 0.15) is 5.75 Å². The van der Waals surface area contributed by atoms with Crippen molar-refractivity contribution in [3.63, 3.8) is 0 Å². The molecule has 0 atom stereocenters. The SMILES string of the molecule is COc1ccc(-c2csc(Nc3ccc(/C(C)=N/N=C(N)N)cc3)n2)cc1. The summed E-state index contributed by atoms with van der Waals surface area (Å²) in [4.78, 5) is 4.63. The number of benzene rings is 2. The zero-order valence-electron chi connectivity index (χ0n) is 15.0. The lowest BCUT2D eigenvalue weighted by atomic mass is 10.1. The summed E-state index contributed by atoms with van der Waals surface area (Å²) in [5.74, 6) is 0.759. The Morgan fingerprint density at radius 2 is 1.74 bits per heavy atom. The van der Waals surface area contributed by atoms with Crippen LogP contribution in [-0.2, 0) is 0 Å². The Kier molecular flexibility index (Phi) is 5.68. The number of nitrogens with two attached hydrogens (primary N) is 2. The number of ether oxygens (including phenoxy) is 1. The summed E-state index contributed by atoms with van der Waals surface area (Å²) in [5.41, 5.74) is 15.1. The predicted octanol–water partition coefficient (Wildman–Crippen LogP) is 3.56. The lowest BCUT2D eigenvalue weighted by molar-refractivity contribution is 0.415. The van der Waals surface area contributed by atoms with Crippen molar-refractivity contribution >= 4 is 33.8 Å². The van der Waals surface area contributed by atoms with Crippen LogP contribution in [0.2, 0.25) is 0 Å². The van der Waals surface area contributed by atoms with Crippen molar-refractivity contribution in [3.05, 3.63) is 59.5 Å². The number of hydrogen-bond donors (Lipinski definition) is 3. The van der Waals surface area contributed by atoms with E-state index < -0.39 is 0 Å². The van der Waals surface area contributed by atoms with Crippen molar-refractivity contribution in [3.8, 4) is 17.0 Å². The van der Waals surface area contributed by atoms with Crippen LogP contribution < -0.4 is 21.5 Å². The minimum Gasteiger partial charge on any atom is -0.497 e. The van der Waals surface area contributed by atoms with Gasteiger partial charge < -0.3 is 21.5 Å². The summed E-state index contributed by atoms with van der Waals surface area (Å²) in [7, 11) is 1.65. The first-order chi connectivity index (χ1) is 13.0. The van der Waals surface area contributed by atoms with Gasteiger partial charge in [0.15, 0.2) is 5.13 Å². The maximum absolute atomic E-state index is 5.29. The van der Waals surface area contributed by atoms with Crippen molar-refractivity contribution < 1.29 is 4.74 Å². The van der Waals surface area contributed by atoms with E-state index in [2.05, 4.69) is 20.5 Å². The molecular weight excluding hydrogens is 360 g/mol. The smallest absolute Gasteiger partial charge is 0.211 e. The lowest BCUT2D eigenvalue weighted by Crippen LogP contribution is -2.22. The van der Waals surface area contributed by atoms with Gasteiger partial charge in [0, 0.05) is 16.6 Å². The molecule has 2 aromatic carbocycles. The van der Waals surface area contributed by atoms with Crippen LogP contribution in [0.3, 0.4) is 0 Å². The number of methoxy groups -OCH3 is 1. The molecule has 138 valence electrons. The van der Waals surface area contributed by atoms with Crippen molar-refractivity contribution in [2.24, 2.45) is 21.7 Å². The molecule has 1 aromatic heterocycles. The maximum atomic E-state index is 5.29. The molecule has 0 amide bonds. The van der Waals surface area contributed by atoms with Crippen molar-refractivity contribution in [1.29, 1.82) is 0 Å². The van der Waals surface area contributed by atoms with Gasteiger partial charge in [-0.25, -0.2) is 4.98 Å². The normalized spacial score (nSPS) is 11.1. The summed E-state index contributed by atoms with van der Waals surface area (Å²) in [6.07, 6.45) is 0. The number of hydrogen-bond acceptors (Lipinski definition) is 6. The zero-order chi connectivity index (χ0) is 19.2. The predicted molar refractivity (Wildman–Crippen MR) is 112 cm³/mol. The number of anilines is 2. The monoisotopic (exact) mass is 380 g/mol. The van der Waals surface area contributed by atoms with Gasteiger partial charge >= 0.3 is 0 Å². The Balaban J connectivity index is 1.70. The zero-order valence-corrected chi connectivity index (χ0v) is 15.8. The molecular formula is C19H20N6OS. The van der Waals surface area contributed by atoms with Gasteiger partial charge in [-0.2, -0.15) is 5.10 Å². The van der Waals surface area contributed by atoms with Gasteiger partial charge in [0.25, 0.3) is 0 Å². The maximum Gasteiger partial charge on any atom is 0.211 e. The molecule has 0 aliphatic carbocycles. The van der Waals surface area contributed by atoms with Crippen LogP contribution in [0, 0.1) is 0 Å². The van der Waals surface area contributed by atoms with Gasteiger partial charge in [-0.1, -0.05) is 12.1 Å². The second kappa shape index (κ2) is 8.33. The second-order valence-electron chi connectivity index (χ2n) is 5.68. The average Bonchev–Trinajstić information content (AvgIpc) is 3.15. The van der Waals surface area contributed by atoms with Crippen molar-refractivity contribution in [1.82, 2.24) is 4.98 Å². The minimum absolute atomic E-state index is 0.0657. The van der Waals surface area contributed by atoms with Crippen molar-refractivity contribution in [2.45, 2.75) is 6.92 Å². The van der Waals surface area contributed by atoms with Crippen LogP contribution in [-0.4, -0.2) is 23.8 Å². The number of thiazole rings is 1. The summed E-state index contributed by atoms with van der Waals surface area (Å²) in [5, 5.41) is 13.8. The van der Waals surface area contributed by atoms with E-state index in [1.807, 2.05) is 60.8 Å². The van der Waals surface area contributed by atoms with E-state index >= 15 is 0 Å². The van der Waals surface area contributed by atoms with Gasteiger partial charge in [0.05, 0.1) is 18.5 Å². The Bertz CT molecular complexity index is 957. The lowest BCUT2D eigenvalue weighted by Gasteiger charge is -2.04. The first-order valence-electron chi connectivity index (χ1n) is 8.16. The Hall–Kier alpha value is -3.39. The summed E-state index contributed by atoms with van der Waals surface area (Å²) < 4.78 is 5.18. The van der Waals surface area contributed by atoms with Gasteiger partial charge in [0.2, 0.25) is 5.96 Å². The molecule has 0 bridgehead atoms. The summed E-state index contributed by atoms with van der Waals surface area (Å²) >= 11 is 1.55. The van der Waals surface area contributed by atoms with Gasteiger partial charge in [-0.15, -0.1) is 16.4 Å². The van der Waals surface area contributed by atoms with Gasteiger partial charge in [-0.05, 0) is 48.9 Å². The third kappa shape index (κ3) is 4.83. The molecule has 0 fully saturated rings. The minimum atomic E-state index is -0.0657. The number of guanidine groups is 1. The van der Waals surface area contributed by atoms with E-state index in [1.165, 1.54) is 0 Å². The molecule has 0 radical (unpaired) electrons. The highest BCUT2D eigenvalue weighted by Crippen LogP contribution is 2.28. The largest absolute Gasteiger partial charge is 0.497 e. The molecule has 3 aromatic rings. The topological polar surface area (TPSA) is 111 Å². The molecule has 0 spiro atoms. The highest BCUT2D eigenvalue weighted by atomic mass is 32.1. The Morgan fingerprint density at radius 3 is 2.37 bits per heavy atom. The van der Waals surface area contributed by atoms with Crippen LogP contribution in [0.4, 0.5) is 10.8 Å². The standard InChI is InChI=1S/C19H20N6OS/c1-12(24-25-18(20)21)13-3-7-15(8-4-13)22-19-23-17(11-27-19)14-5-9-16(26-2)10-6-14/h3-11H,1-2H3,(H,22,23)(H4,20,21,25)/b24-12+. The van der Waals surface area contributed by atoms with E-state index in [9.17, 15) is 0 Å². The fourth-order valence-electron chi connectivity index (χ4n) is 2.33. The van der Waals surface area contributed by atoms with Crippen LogP contribution in [0.15, 0.2) is 64.1 Å². The quantitative estimate of drug-likeness (QED) is 0.344. The molecule has 0 saturated carbocycles. The van der Waals surface area contributed by atoms with E-state index in [4.69, 9.17) is 16.2 Å². The highest BCUT2D eigenvalue weighted by Gasteiger charge is 2.06. The number of aromatic nitrogens is 1. The number of nitrogens with one attached hydrogen (secondary N) is 1. The second-order valence-corrected chi connectivity index (χ2v) is 6.54. The van der Waals surface area contributed by atoms with E-state index in [1.54, 1.807) is 18.4 Å². The number of rotatable bonds is 6. The Labute approximate surface area is 161 Å². The first kappa shape index (κ1) is 18.4. The van der Waals surface area contributed by atoms with Crippen LogP contribution >= 0.6 is 11.3 Å². The molecule has 3 rings (SSSR count). The van der Waals surface area contributed by atoms with Crippen molar-refractivity contribution in [2.75, 3.05) is 12.4 Å². The summed E-state index contributed by atoms with van der Waals surface area (Å²) in [6, 6.07) is 15.6. The molecule has 8 heteroatoms. The molecule has 0 aliphatic rings. The van der Waals surface area contributed by atoms with E-state index in [0.29, 0.717) is 0 Å². The summed E-state index contributed by atoms with van der Waals surface area (Å²) in [6.45, 7) is 1.84. The fraction of sp³-hybridized carbons (Fsp3) is 0.105. The van der Waals surface area contributed by atoms with Gasteiger partial charge in [-0.3, -0.25) is 0 Å². The fourth-order valence-corrected chi connectivity index (χ4v) is 3.07. The molecule has 0 unspecified atom stereocenters. The number of nitrogens with zero attached hydrogens (tertiary/aromatic N) is 3. The van der Waals surface area contributed by atoms with E-state index in [0.717, 1.165) is 39.1 Å². The highest BCUT2D eigenvalue weighted by molar-refractivity contribution is 7.14. The molecule has 27 heavy (non-hydrogen) atoms. The van der Waals surface area contributed by atoms with Crippen LogP contribution in [0.5, 0.6) is 5.75 Å². The third-order valence-corrected chi connectivity index (χ3v) is 4.52. The average molecular weight is 380 g/mol. The molecule has 7 nitrogen and oxygen atoms in total.